The number of aromatic nitrogens is 1. The van der Waals surface area contributed by atoms with Crippen molar-refractivity contribution < 1.29 is 9.26 Å². The quantitative estimate of drug-likeness (QED) is 0.796. The number of benzene rings is 1. The summed E-state index contributed by atoms with van der Waals surface area (Å²) in [6.45, 7) is 3.87. The van der Waals surface area contributed by atoms with E-state index in [-0.39, 0.29) is 0 Å². The molecule has 1 N–H and O–H groups in total. The zero-order chi connectivity index (χ0) is 12.8. The number of hydrogen-bond acceptors (Lipinski definition) is 4. The molecule has 96 valence electrons. The fourth-order valence-corrected chi connectivity index (χ4v) is 1.68. The van der Waals surface area contributed by atoms with Crippen molar-refractivity contribution in [2.24, 2.45) is 0 Å². The van der Waals surface area contributed by atoms with Crippen LogP contribution in [0.5, 0.6) is 5.75 Å². The Balaban J connectivity index is 2.04. The second kappa shape index (κ2) is 6.21. The smallest absolute Gasteiger partial charge is 0.167 e. The average Bonchev–Trinajstić information content (AvgIpc) is 2.88. The van der Waals surface area contributed by atoms with Gasteiger partial charge in [0, 0.05) is 18.2 Å². The van der Waals surface area contributed by atoms with Gasteiger partial charge in [0.1, 0.15) is 5.75 Å². The number of methoxy groups -OCH3 is 1. The Hall–Kier alpha value is -1.81. The highest BCUT2D eigenvalue weighted by atomic mass is 16.5. The molecule has 0 aliphatic carbocycles. The van der Waals surface area contributed by atoms with Crippen molar-refractivity contribution >= 4 is 0 Å². The predicted molar refractivity (Wildman–Crippen MR) is 70.5 cm³/mol. The number of rotatable bonds is 6. The van der Waals surface area contributed by atoms with E-state index in [1.165, 1.54) is 0 Å². The Kier molecular flexibility index (Phi) is 4.36. The first-order valence-electron chi connectivity index (χ1n) is 6.14. The molecule has 0 spiro atoms. The highest BCUT2D eigenvalue weighted by Crippen LogP contribution is 2.22. The molecule has 0 fully saturated rings. The summed E-state index contributed by atoms with van der Waals surface area (Å²) in [5.74, 6) is 1.62. The maximum Gasteiger partial charge on any atom is 0.167 e. The summed E-state index contributed by atoms with van der Waals surface area (Å²) in [6.07, 6.45) is 1.11. The van der Waals surface area contributed by atoms with Gasteiger partial charge in [-0.2, -0.15) is 0 Å². The van der Waals surface area contributed by atoms with E-state index in [0.29, 0.717) is 0 Å². The van der Waals surface area contributed by atoms with Gasteiger partial charge in [0.05, 0.1) is 12.8 Å². The second-order valence-corrected chi connectivity index (χ2v) is 4.09. The summed E-state index contributed by atoms with van der Waals surface area (Å²) >= 11 is 0. The molecule has 4 heteroatoms. The van der Waals surface area contributed by atoms with Crippen LogP contribution in [0.1, 0.15) is 19.0 Å². The Morgan fingerprint density at radius 2 is 2.06 bits per heavy atom. The third-order valence-corrected chi connectivity index (χ3v) is 2.67. The van der Waals surface area contributed by atoms with E-state index >= 15 is 0 Å². The van der Waals surface area contributed by atoms with Crippen LogP contribution in [0.15, 0.2) is 34.9 Å². The van der Waals surface area contributed by atoms with Gasteiger partial charge in [-0.15, -0.1) is 0 Å². The molecule has 1 aromatic carbocycles. The van der Waals surface area contributed by atoms with Crippen LogP contribution in [0.3, 0.4) is 0 Å². The first kappa shape index (κ1) is 12.6. The van der Waals surface area contributed by atoms with Crippen LogP contribution in [0.2, 0.25) is 0 Å². The highest BCUT2D eigenvalue weighted by molar-refractivity contribution is 5.58. The molecule has 0 saturated carbocycles. The molecular formula is C14H18N2O2. The second-order valence-electron chi connectivity index (χ2n) is 4.09. The van der Waals surface area contributed by atoms with Crippen molar-refractivity contribution in [2.75, 3.05) is 13.7 Å². The van der Waals surface area contributed by atoms with Crippen molar-refractivity contribution in [3.63, 3.8) is 0 Å². The molecule has 18 heavy (non-hydrogen) atoms. The molecule has 0 radical (unpaired) electrons. The van der Waals surface area contributed by atoms with Gasteiger partial charge in [-0.25, -0.2) is 0 Å². The van der Waals surface area contributed by atoms with Crippen molar-refractivity contribution in [2.45, 2.75) is 19.9 Å². The Labute approximate surface area is 107 Å². The van der Waals surface area contributed by atoms with Crippen molar-refractivity contribution in [1.29, 1.82) is 0 Å². The van der Waals surface area contributed by atoms with Gasteiger partial charge in [-0.1, -0.05) is 12.1 Å². The van der Waals surface area contributed by atoms with Gasteiger partial charge < -0.3 is 14.6 Å². The lowest BCUT2D eigenvalue weighted by Gasteiger charge is -1.99. The molecule has 1 heterocycles. The average molecular weight is 246 g/mol. The largest absolute Gasteiger partial charge is 0.497 e. The summed E-state index contributed by atoms with van der Waals surface area (Å²) in [7, 11) is 1.65. The third kappa shape index (κ3) is 3.11. The first-order chi connectivity index (χ1) is 8.83. The van der Waals surface area contributed by atoms with Gasteiger partial charge in [0.25, 0.3) is 0 Å². The van der Waals surface area contributed by atoms with Crippen molar-refractivity contribution in [3.05, 3.63) is 36.0 Å². The molecule has 0 saturated heterocycles. The molecule has 2 rings (SSSR count). The summed E-state index contributed by atoms with van der Waals surface area (Å²) < 4.78 is 10.4. The maximum atomic E-state index is 5.32. The number of nitrogens with zero attached hydrogens (tertiary/aromatic N) is 1. The lowest BCUT2D eigenvalue weighted by Crippen LogP contribution is -2.13. The molecule has 0 amide bonds. The van der Waals surface area contributed by atoms with Crippen LogP contribution in [-0.4, -0.2) is 18.8 Å². The van der Waals surface area contributed by atoms with Crippen molar-refractivity contribution in [1.82, 2.24) is 10.5 Å². The maximum absolute atomic E-state index is 5.32. The molecule has 1 aromatic heterocycles. The first-order valence-corrected chi connectivity index (χ1v) is 6.14. The summed E-state index contributed by atoms with van der Waals surface area (Å²) in [4.78, 5) is 0. The highest BCUT2D eigenvalue weighted by Gasteiger charge is 2.06. The van der Waals surface area contributed by atoms with Crippen LogP contribution >= 0.6 is 0 Å². The van der Waals surface area contributed by atoms with E-state index in [1.54, 1.807) is 7.11 Å². The van der Waals surface area contributed by atoms with Crippen LogP contribution in [0.25, 0.3) is 11.3 Å². The standard InChI is InChI=1S/C14H18N2O2/c1-3-8-15-10-12-9-14(18-16-12)11-4-6-13(17-2)7-5-11/h4-7,9,15H,3,8,10H2,1-2H3. The van der Waals surface area contributed by atoms with Gasteiger partial charge in [-0.05, 0) is 37.2 Å². The fourth-order valence-electron chi connectivity index (χ4n) is 1.68. The normalized spacial score (nSPS) is 10.6. The Bertz CT molecular complexity index is 477. The Morgan fingerprint density at radius 1 is 1.28 bits per heavy atom. The lowest BCUT2D eigenvalue weighted by molar-refractivity contribution is 0.413. The minimum absolute atomic E-state index is 0.744. The van der Waals surface area contributed by atoms with E-state index in [1.807, 2.05) is 30.3 Å². The van der Waals surface area contributed by atoms with Gasteiger partial charge in [-0.3, -0.25) is 0 Å². The molecule has 0 bridgehead atoms. The minimum Gasteiger partial charge on any atom is -0.497 e. The van der Waals surface area contributed by atoms with Crippen LogP contribution in [0.4, 0.5) is 0 Å². The molecule has 0 aliphatic heterocycles. The lowest BCUT2D eigenvalue weighted by atomic mass is 10.1. The summed E-state index contributed by atoms with van der Waals surface area (Å²) in [6, 6.07) is 9.70. The van der Waals surface area contributed by atoms with E-state index in [2.05, 4.69) is 17.4 Å². The number of ether oxygens (including phenoxy) is 1. The van der Waals surface area contributed by atoms with E-state index < -0.39 is 0 Å². The zero-order valence-corrected chi connectivity index (χ0v) is 10.8. The predicted octanol–water partition coefficient (Wildman–Crippen LogP) is 2.85. The molecule has 0 aliphatic rings. The topological polar surface area (TPSA) is 47.3 Å². The molecule has 4 nitrogen and oxygen atoms in total. The van der Waals surface area contributed by atoms with Crippen LogP contribution < -0.4 is 10.1 Å². The van der Waals surface area contributed by atoms with Gasteiger partial charge in [0.15, 0.2) is 5.76 Å². The number of hydrogen-bond donors (Lipinski definition) is 1. The van der Waals surface area contributed by atoms with Gasteiger partial charge in [0.2, 0.25) is 0 Å². The van der Waals surface area contributed by atoms with Crippen molar-refractivity contribution in [3.8, 4) is 17.1 Å². The fraction of sp³-hybridized carbons (Fsp3) is 0.357. The summed E-state index contributed by atoms with van der Waals surface area (Å²) in [5, 5.41) is 7.33. The minimum atomic E-state index is 0.744. The van der Waals surface area contributed by atoms with Crippen LogP contribution in [-0.2, 0) is 6.54 Å². The monoisotopic (exact) mass is 246 g/mol. The summed E-state index contributed by atoms with van der Waals surface area (Å²) in [5.41, 5.74) is 1.93. The Morgan fingerprint density at radius 3 is 2.72 bits per heavy atom. The molecule has 2 aromatic rings. The van der Waals surface area contributed by atoms with E-state index in [9.17, 15) is 0 Å². The molecule has 0 atom stereocenters. The van der Waals surface area contributed by atoms with E-state index in [0.717, 1.165) is 42.3 Å². The number of nitrogens with one attached hydrogen (secondary N) is 1. The van der Waals surface area contributed by atoms with Gasteiger partial charge >= 0.3 is 0 Å². The van der Waals surface area contributed by atoms with E-state index in [4.69, 9.17) is 9.26 Å². The molecule has 0 unspecified atom stereocenters. The zero-order valence-electron chi connectivity index (χ0n) is 10.8. The van der Waals surface area contributed by atoms with Crippen LogP contribution in [0, 0.1) is 0 Å². The SMILES string of the molecule is CCCNCc1cc(-c2ccc(OC)cc2)on1. The third-order valence-electron chi connectivity index (χ3n) is 2.67. The molecular weight excluding hydrogens is 228 g/mol.